The topological polar surface area (TPSA) is 59.6 Å². The molecular formula is C19H22FN3O. The van der Waals surface area contributed by atoms with Crippen LogP contribution in [0.5, 0.6) is 5.75 Å². The van der Waals surface area contributed by atoms with Crippen LogP contribution in [-0.4, -0.2) is 18.6 Å². The molecule has 5 heteroatoms. The van der Waals surface area contributed by atoms with E-state index in [1.807, 2.05) is 13.0 Å². The second kappa shape index (κ2) is 7.34. The number of para-hydroxylation sites is 1. The normalized spacial score (nSPS) is 15.0. The highest BCUT2D eigenvalue weighted by molar-refractivity contribution is 5.92. The van der Waals surface area contributed by atoms with E-state index in [-0.39, 0.29) is 17.7 Å². The highest BCUT2D eigenvalue weighted by Gasteiger charge is 2.11. The van der Waals surface area contributed by atoms with Crippen molar-refractivity contribution in [1.82, 2.24) is 0 Å². The van der Waals surface area contributed by atoms with E-state index in [0.29, 0.717) is 12.5 Å². The molecule has 4 nitrogen and oxygen atoms in total. The monoisotopic (exact) mass is 327 g/mol. The largest absolute Gasteiger partial charge is 0.486 e. The first-order valence-corrected chi connectivity index (χ1v) is 8.22. The predicted molar refractivity (Wildman–Crippen MR) is 95.1 cm³/mol. The minimum Gasteiger partial charge on any atom is -0.486 e. The Morgan fingerprint density at radius 3 is 2.88 bits per heavy atom. The van der Waals surface area contributed by atoms with Crippen molar-refractivity contribution in [3.63, 3.8) is 0 Å². The summed E-state index contributed by atoms with van der Waals surface area (Å²) in [5.41, 5.74) is 9.67. The number of nitrogens with two attached hydrogens (primary N) is 1. The minimum atomic E-state index is -0.377. The molecule has 2 aromatic carbocycles. The Balaban J connectivity index is 1.55. The molecule has 126 valence electrons. The molecule has 0 saturated heterocycles. The summed E-state index contributed by atoms with van der Waals surface area (Å²) in [6.45, 7) is 2.18. The fourth-order valence-electron chi connectivity index (χ4n) is 2.86. The summed E-state index contributed by atoms with van der Waals surface area (Å²) in [5.74, 6) is 0.180. The fourth-order valence-corrected chi connectivity index (χ4v) is 2.86. The van der Waals surface area contributed by atoms with Gasteiger partial charge in [0.1, 0.15) is 6.10 Å². The van der Waals surface area contributed by atoms with Crippen LogP contribution in [-0.2, 0) is 12.8 Å². The third-order valence-corrected chi connectivity index (χ3v) is 4.05. The molecule has 0 saturated carbocycles. The van der Waals surface area contributed by atoms with Crippen molar-refractivity contribution in [2.75, 3.05) is 11.9 Å². The molecule has 3 rings (SSSR count). The number of guanidine groups is 1. The number of hydrogen-bond acceptors (Lipinski definition) is 2. The van der Waals surface area contributed by atoms with Crippen LogP contribution < -0.4 is 15.8 Å². The van der Waals surface area contributed by atoms with Crippen LogP contribution in [0.2, 0.25) is 0 Å². The Kier molecular flexibility index (Phi) is 4.99. The number of aryl methyl sites for hydroxylation is 2. The van der Waals surface area contributed by atoms with E-state index in [1.54, 1.807) is 18.2 Å². The van der Waals surface area contributed by atoms with E-state index >= 15 is 0 Å². The van der Waals surface area contributed by atoms with Gasteiger partial charge in [-0.2, -0.15) is 0 Å². The van der Waals surface area contributed by atoms with Crippen molar-refractivity contribution < 1.29 is 9.13 Å². The lowest BCUT2D eigenvalue weighted by molar-refractivity contribution is 0.220. The van der Waals surface area contributed by atoms with Gasteiger partial charge >= 0.3 is 0 Å². The molecule has 0 aromatic heterocycles. The summed E-state index contributed by atoms with van der Waals surface area (Å²) in [6, 6.07) is 12.6. The van der Waals surface area contributed by atoms with E-state index in [4.69, 9.17) is 10.5 Å². The molecule has 0 fully saturated rings. The molecule has 2 aromatic rings. The molecule has 0 amide bonds. The molecule has 0 radical (unpaired) electrons. The van der Waals surface area contributed by atoms with Crippen molar-refractivity contribution in [1.29, 1.82) is 0 Å². The van der Waals surface area contributed by atoms with Gasteiger partial charge in [0.2, 0.25) is 0 Å². The van der Waals surface area contributed by atoms with Crippen molar-refractivity contribution in [3.05, 3.63) is 59.4 Å². The molecule has 3 N–H and O–H groups in total. The zero-order chi connectivity index (χ0) is 16.9. The van der Waals surface area contributed by atoms with Gasteiger partial charge in [-0.05, 0) is 61.6 Å². The fraction of sp³-hybridized carbons (Fsp3) is 0.316. The van der Waals surface area contributed by atoms with Crippen molar-refractivity contribution in [3.8, 4) is 5.75 Å². The zero-order valence-electron chi connectivity index (χ0n) is 13.8. The number of ether oxygens (including phenoxy) is 1. The van der Waals surface area contributed by atoms with E-state index in [1.165, 1.54) is 23.6 Å². The molecule has 0 bridgehead atoms. The Morgan fingerprint density at radius 2 is 2.04 bits per heavy atom. The van der Waals surface area contributed by atoms with Crippen molar-refractivity contribution >= 4 is 11.6 Å². The van der Waals surface area contributed by atoms with Gasteiger partial charge in [-0.1, -0.05) is 18.2 Å². The number of nitrogens with zero attached hydrogens (tertiary/aromatic N) is 1. The molecule has 1 aliphatic carbocycles. The first-order valence-electron chi connectivity index (χ1n) is 8.22. The lowest BCUT2D eigenvalue weighted by Crippen LogP contribution is -2.25. The summed E-state index contributed by atoms with van der Waals surface area (Å²) in [4.78, 5) is 4.27. The second-order valence-corrected chi connectivity index (χ2v) is 6.05. The van der Waals surface area contributed by atoms with E-state index in [2.05, 4.69) is 22.4 Å². The maximum Gasteiger partial charge on any atom is 0.193 e. The van der Waals surface area contributed by atoms with Crippen LogP contribution in [0.1, 0.15) is 24.5 Å². The third-order valence-electron chi connectivity index (χ3n) is 4.05. The van der Waals surface area contributed by atoms with Crippen LogP contribution >= 0.6 is 0 Å². The number of fused-ring (bicyclic) bond motifs is 1. The quantitative estimate of drug-likeness (QED) is 0.652. The predicted octanol–water partition coefficient (Wildman–Crippen LogP) is 3.51. The summed E-state index contributed by atoms with van der Waals surface area (Å²) < 4.78 is 19.1. The molecule has 1 unspecified atom stereocenters. The van der Waals surface area contributed by atoms with Gasteiger partial charge < -0.3 is 15.8 Å². The first-order chi connectivity index (χ1) is 11.6. The maximum absolute atomic E-state index is 13.5. The zero-order valence-corrected chi connectivity index (χ0v) is 13.8. The highest BCUT2D eigenvalue weighted by atomic mass is 19.1. The van der Waals surface area contributed by atoms with Crippen molar-refractivity contribution in [2.24, 2.45) is 10.7 Å². The van der Waals surface area contributed by atoms with Crippen LogP contribution in [0.3, 0.4) is 0 Å². The average molecular weight is 327 g/mol. The Morgan fingerprint density at radius 1 is 1.25 bits per heavy atom. The number of benzene rings is 2. The SMILES string of the molecule is CC(CN=C(N)Nc1ccc2c(c1)CCC2)Oc1ccccc1F. The number of halogens is 1. The smallest absolute Gasteiger partial charge is 0.193 e. The molecule has 24 heavy (non-hydrogen) atoms. The Hall–Kier alpha value is -2.56. The lowest BCUT2D eigenvalue weighted by atomic mass is 10.1. The van der Waals surface area contributed by atoms with E-state index in [9.17, 15) is 4.39 Å². The standard InChI is InChI=1S/C19H22FN3O/c1-13(24-18-8-3-2-7-17(18)20)12-22-19(21)23-16-10-9-14-5-4-6-15(14)11-16/h2-3,7-11,13H,4-6,12H2,1H3,(H3,21,22,23). The number of anilines is 1. The lowest BCUT2D eigenvalue weighted by Gasteiger charge is -2.14. The Bertz CT molecular complexity index is 745. The van der Waals surface area contributed by atoms with Crippen LogP contribution in [0.25, 0.3) is 0 Å². The first kappa shape index (κ1) is 16.3. The van der Waals surface area contributed by atoms with Gasteiger partial charge in [0.15, 0.2) is 17.5 Å². The maximum atomic E-state index is 13.5. The van der Waals surface area contributed by atoms with Gasteiger partial charge in [-0.25, -0.2) is 9.38 Å². The van der Waals surface area contributed by atoms with Gasteiger partial charge in [0.25, 0.3) is 0 Å². The summed E-state index contributed by atoms with van der Waals surface area (Å²) in [5, 5.41) is 3.10. The van der Waals surface area contributed by atoms with Crippen molar-refractivity contribution in [2.45, 2.75) is 32.3 Å². The molecule has 1 atom stereocenters. The number of nitrogens with one attached hydrogen (secondary N) is 1. The summed E-state index contributed by atoms with van der Waals surface area (Å²) >= 11 is 0. The molecule has 0 spiro atoms. The molecule has 1 aliphatic rings. The second-order valence-electron chi connectivity index (χ2n) is 6.05. The minimum absolute atomic E-state index is 0.227. The van der Waals surface area contributed by atoms with E-state index in [0.717, 1.165) is 18.5 Å². The van der Waals surface area contributed by atoms with Gasteiger partial charge in [0.05, 0.1) is 6.54 Å². The van der Waals surface area contributed by atoms with Crippen LogP contribution in [0.15, 0.2) is 47.5 Å². The van der Waals surface area contributed by atoms with Crippen LogP contribution in [0, 0.1) is 5.82 Å². The molecule has 0 heterocycles. The summed E-state index contributed by atoms with van der Waals surface area (Å²) in [6.07, 6.45) is 3.22. The molecule has 0 aliphatic heterocycles. The molecular weight excluding hydrogens is 305 g/mol. The van der Waals surface area contributed by atoms with Gasteiger partial charge in [-0.15, -0.1) is 0 Å². The average Bonchev–Trinajstić information content (AvgIpc) is 3.03. The van der Waals surface area contributed by atoms with Gasteiger partial charge in [0, 0.05) is 5.69 Å². The Labute approximate surface area is 141 Å². The highest BCUT2D eigenvalue weighted by Crippen LogP contribution is 2.24. The third kappa shape index (κ3) is 4.04. The number of rotatable bonds is 5. The van der Waals surface area contributed by atoms with E-state index < -0.39 is 0 Å². The number of hydrogen-bond donors (Lipinski definition) is 2. The summed E-state index contributed by atoms with van der Waals surface area (Å²) in [7, 11) is 0. The van der Waals surface area contributed by atoms with Gasteiger partial charge in [-0.3, -0.25) is 0 Å². The number of aliphatic imine (C=N–C) groups is 1. The van der Waals surface area contributed by atoms with Crippen LogP contribution in [0.4, 0.5) is 10.1 Å².